The minimum Gasteiger partial charge on any atom is -0.366 e. The van der Waals surface area contributed by atoms with Crippen LogP contribution in [-0.2, 0) is 13.0 Å². The maximum atomic E-state index is 4.69. The van der Waals surface area contributed by atoms with Gasteiger partial charge in [0.05, 0.1) is 5.52 Å². The van der Waals surface area contributed by atoms with Gasteiger partial charge in [-0.05, 0) is 36.4 Å². The summed E-state index contributed by atoms with van der Waals surface area (Å²) in [4.78, 5) is 15.9. The Labute approximate surface area is 165 Å². The lowest BCUT2D eigenvalue weighted by Crippen LogP contribution is -2.23. The maximum Gasteiger partial charge on any atom is 0.133 e. The van der Waals surface area contributed by atoms with Crippen molar-refractivity contribution in [2.45, 2.75) is 13.0 Å². The highest BCUT2D eigenvalue weighted by Gasteiger charge is 2.09. The van der Waals surface area contributed by atoms with Crippen molar-refractivity contribution >= 4 is 22.5 Å². The quantitative estimate of drug-likeness (QED) is 0.526. The third-order valence-corrected chi connectivity index (χ3v) is 4.72. The first-order valence-corrected chi connectivity index (χ1v) is 9.44. The van der Waals surface area contributed by atoms with Crippen LogP contribution in [0.1, 0.15) is 11.3 Å². The van der Waals surface area contributed by atoms with E-state index in [9.17, 15) is 0 Å². The topological polar surface area (TPSA) is 53.9 Å². The Hall–Kier alpha value is -3.47. The van der Waals surface area contributed by atoms with E-state index in [4.69, 9.17) is 0 Å². The second-order valence-electron chi connectivity index (χ2n) is 6.72. The standard InChI is InChI=1S/C23H23N5/c1-28(16-13-20-9-4-5-14-24-20)23-19(8-6-15-25-23)17-26-22-12-11-18-7-2-3-10-21(18)27-22/h2-12,14-15H,13,16-17H2,1H3,(H,26,27). The van der Waals surface area contributed by atoms with E-state index < -0.39 is 0 Å². The molecule has 4 rings (SSSR count). The zero-order chi connectivity index (χ0) is 19.2. The fraction of sp³-hybridized carbons (Fsp3) is 0.174. The molecule has 28 heavy (non-hydrogen) atoms. The van der Waals surface area contributed by atoms with Crippen molar-refractivity contribution in [2.24, 2.45) is 0 Å². The summed E-state index contributed by atoms with van der Waals surface area (Å²) < 4.78 is 0. The van der Waals surface area contributed by atoms with Crippen molar-refractivity contribution < 1.29 is 0 Å². The number of fused-ring (bicyclic) bond motifs is 1. The number of para-hydroxylation sites is 1. The summed E-state index contributed by atoms with van der Waals surface area (Å²) in [5.74, 6) is 1.84. The minimum absolute atomic E-state index is 0.669. The number of rotatable bonds is 7. The number of hydrogen-bond acceptors (Lipinski definition) is 5. The van der Waals surface area contributed by atoms with Gasteiger partial charge in [-0.3, -0.25) is 4.98 Å². The molecule has 3 heterocycles. The summed E-state index contributed by atoms with van der Waals surface area (Å²) in [6, 6.07) is 22.3. The van der Waals surface area contributed by atoms with E-state index in [2.05, 4.69) is 56.5 Å². The molecule has 0 saturated carbocycles. The van der Waals surface area contributed by atoms with Gasteiger partial charge in [0.15, 0.2) is 0 Å². The van der Waals surface area contributed by atoms with Crippen LogP contribution in [0, 0.1) is 0 Å². The number of hydrogen-bond donors (Lipinski definition) is 1. The van der Waals surface area contributed by atoms with Gasteiger partial charge in [0.2, 0.25) is 0 Å². The van der Waals surface area contributed by atoms with E-state index in [-0.39, 0.29) is 0 Å². The lowest BCUT2D eigenvalue weighted by Gasteiger charge is -2.21. The molecule has 0 amide bonds. The van der Waals surface area contributed by atoms with Gasteiger partial charge in [0, 0.05) is 55.6 Å². The van der Waals surface area contributed by atoms with Crippen LogP contribution in [0.5, 0.6) is 0 Å². The van der Waals surface area contributed by atoms with E-state index in [0.717, 1.165) is 46.8 Å². The lowest BCUT2D eigenvalue weighted by molar-refractivity contribution is 0.831. The average molecular weight is 369 g/mol. The first-order chi connectivity index (χ1) is 13.8. The zero-order valence-electron chi connectivity index (χ0n) is 15.9. The predicted molar refractivity (Wildman–Crippen MR) is 115 cm³/mol. The molecule has 5 heteroatoms. The van der Waals surface area contributed by atoms with Crippen molar-refractivity contribution in [3.05, 3.63) is 90.4 Å². The number of anilines is 2. The van der Waals surface area contributed by atoms with Crippen molar-refractivity contribution in [2.75, 3.05) is 23.8 Å². The highest BCUT2D eigenvalue weighted by molar-refractivity contribution is 5.80. The molecule has 0 fully saturated rings. The zero-order valence-corrected chi connectivity index (χ0v) is 15.9. The molecule has 0 saturated heterocycles. The lowest BCUT2D eigenvalue weighted by atomic mass is 10.2. The predicted octanol–water partition coefficient (Wildman–Crippen LogP) is 4.32. The molecule has 0 aliphatic heterocycles. The van der Waals surface area contributed by atoms with Gasteiger partial charge in [0.1, 0.15) is 11.6 Å². The van der Waals surface area contributed by atoms with Gasteiger partial charge in [-0.1, -0.05) is 30.3 Å². The molecule has 5 nitrogen and oxygen atoms in total. The summed E-state index contributed by atoms with van der Waals surface area (Å²) in [5.41, 5.74) is 3.22. The average Bonchev–Trinajstić information content (AvgIpc) is 2.77. The maximum absolute atomic E-state index is 4.69. The Morgan fingerprint density at radius 2 is 1.71 bits per heavy atom. The Balaban J connectivity index is 1.44. The molecule has 0 bridgehead atoms. The van der Waals surface area contributed by atoms with E-state index in [1.807, 2.05) is 54.9 Å². The van der Waals surface area contributed by atoms with Crippen LogP contribution in [0.25, 0.3) is 10.9 Å². The van der Waals surface area contributed by atoms with Gasteiger partial charge in [-0.15, -0.1) is 0 Å². The Bertz CT molecular complexity index is 1050. The second-order valence-corrected chi connectivity index (χ2v) is 6.72. The largest absolute Gasteiger partial charge is 0.366 e. The first kappa shape index (κ1) is 17.9. The highest BCUT2D eigenvalue weighted by atomic mass is 15.2. The molecule has 0 aliphatic rings. The van der Waals surface area contributed by atoms with Gasteiger partial charge < -0.3 is 10.2 Å². The normalized spacial score (nSPS) is 10.8. The van der Waals surface area contributed by atoms with Crippen LogP contribution in [-0.4, -0.2) is 28.5 Å². The SMILES string of the molecule is CN(CCc1ccccn1)c1ncccc1CNc1ccc2ccccc2n1. The molecule has 140 valence electrons. The number of benzene rings is 1. The Morgan fingerprint density at radius 3 is 2.61 bits per heavy atom. The summed E-state index contributed by atoms with van der Waals surface area (Å²) in [5, 5.41) is 4.57. The monoisotopic (exact) mass is 369 g/mol. The van der Waals surface area contributed by atoms with E-state index in [1.54, 1.807) is 0 Å². The molecular formula is C23H23N5. The molecular weight excluding hydrogens is 346 g/mol. The van der Waals surface area contributed by atoms with E-state index in [1.165, 1.54) is 0 Å². The third-order valence-electron chi connectivity index (χ3n) is 4.72. The van der Waals surface area contributed by atoms with Crippen molar-refractivity contribution in [3.8, 4) is 0 Å². The molecule has 0 radical (unpaired) electrons. The van der Waals surface area contributed by atoms with Crippen LogP contribution >= 0.6 is 0 Å². The van der Waals surface area contributed by atoms with Crippen LogP contribution < -0.4 is 10.2 Å². The van der Waals surface area contributed by atoms with E-state index in [0.29, 0.717) is 6.54 Å². The van der Waals surface area contributed by atoms with Gasteiger partial charge in [-0.2, -0.15) is 0 Å². The molecule has 0 spiro atoms. The molecule has 4 aromatic rings. The number of nitrogens with one attached hydrogen (secondary N) is 1. The van der Waals surface area contributed by atoms with Gasteiger partial charge >= 0.3 is 0 Å². The van der Waals surface area contributed by atoms with Crippen LogP contribution in [0.4, 0.5) is 11.6 Å². The number of nitrogens with zero attached hydrogens (tertiary/aromatic N) is 4. The van der Waals surface area contributed by atoms with E-state index >= 15 is 0 Å². The van der Waals surface area contributed by atoms with Crippen LogP contribution in [0.15, 0.2) is 79.1 Å². The highest BCUT2D eigenvalue weighted by Crippen LogP contribution is 2.19. The van der Waals surface area contributed by atoms with Gasteiger partial charge in [0.25, 0.3) is 0 Å². The molecule has 0 aliphatic carbocycles. The molecule has 0 unspecified atom stereocenters. The smallest absolute Gasteiger partial charge is 0.133 e. The Morgan fingerprint density at radius 1 is 0.857 bits per heavy atom. The first-order valence-electron chi connectivity index (χ1n) is 9.44. The van der Waals surface area contributed by atoms with Gasteiger partial charge in [-0.25, -0.2) is 9.97 Å². The molecule has 1 N–H and O–H groups in total. The summed E-state index contributed by atoms with van der Waals surface area (Å²) in [7, 11) is 2.07. The molecule has 1 aromatic carbocycles. The Kier molecular flexibility index (Phi) is 5.43. The summed E-state index contributed by atoms with van der Waals surface area (Å²) in [6.07, 6.45) is 4.55. The van der Waals surface area contributed by atoms with Crippen molar-refractivity contribution in [1.29, 1.82) is 0 Å². The summed E-state index contributed by atoms with van der Waals surface area (Å²) >= 11 is 0. The second kappa shape index (κ2) is 8.48. The molecule has 3 aromatic heterocycles. The number of aromatic nitrogens is 3. The van der Waals surface area contributed by atoms with Crippen LogP contribution in [0.2, 0.25) is 0 Å². The van der Waals surface area contributed by atoms with Crippen molar-refractivity contribution in [1.82, 2.24) is 15.0 Å². The minimum atomic E-state index is 0.669. The van der Waals surface area contributed by atoms with Crippen LogP contribution in [0.3, 0.4) is 0 Å². The fourth-order valence-electron chi connectivity index (χ4n) is 3.20. The number of likely N-dealkylation sites (N-methyl/N-ethyl adjacent to an activating group) is 1. The third kappa shape index (κ3) is 4.26. The number of pyridine rings is 3. The fourth-order valence-corrected chi connectivity index (χ4v) is 3.20. The summed E-state index contributed by atoms with van der Waals surface area (Å²) in [6.45, 7) is 1.53. The van der Waals surface area contributed by atoms with Crippen molar-refractivity contribution in [3.63, 3.8) is 0 Å². The molecule has 0 atom stereocenters.